The highest BCUT2D eigenvalue weighted by Gasteiger charge is 2.24. The van der Waals surface area contributed by atoms with Gasteiger partial charge in [0.2, 0.25) is 5.95 Å². The number of methoxy groups -OCH3 is 3. The molecular formula is C21H20N4O4. The molecule has 0 aliphatic carbocycles. The summed E-state index contributed by atoms with van der Waals surface area (Å²) in [6.45, 7) is 0. The van der Waals surface area contributed by atoms with Crippen LogP contribution in [-0.4, -0.2) is 42.1 Å². The fraction of sp³-hybridized carbons (Fsp3) is 0.190. The van der Waals surface area contributed by atoms with Gasteiger partial charge in [-0.05, 0) is 42.0 Å². The van der Waals surface area contributed by atoms with Crippen molar-refractivity contribution in [3.8, 4) is 11.5 Å². The number of hydrogen-bond donors (Lipinski definition) is 1. The summed E-state index contributed by atoms with van der Waals surface area (Å²) in [4.78, 5) is 16.0. The van der Waals surface area contributed by atoms with Gasteiger partial charge in [-0.25, -0.2) is 9.48 Å². The molecule has 148 valence electrons. The Kier molecular flexibility index (Phi) is 4.90. The van der Waals surface area contributed by atoms with E-state index in [4.69, 9.17) is 14.2 Å². The molecule has 0 bridgehead atoms. The zero-order chi connectivity index (χ0) is 20.4. The molecule has 8 nitrogen and oxygen atoms in total. The monoisotopic (exact) mass is 392 g/mol. The highest BCUT2D eigenvalue weighted by Crippen LogP contribution is 2.35. The molecule has 4 rings (SSSR count). The van der Waals surface area contributed by atoms with Crippen molar-refractivity contribution in [2.45, 2.75) is 6.04 Å². The lowest BCUT2D eigenvalue weighted by Gasteiger charge is -2.25. The number of nitrogens with zero attached hydrogens (tertiary/aromatic N) is 3. The lowest BCUT2D eigenvalue weighted by atomic mass is 10.0. The highest BCUT2D eigenvalue weighted by atomic mass is 16.5. The van der Waals surface area contributed by atoms with Gasteiger partial charge in [0.25, 0.3) is 0 Å². The number of carbonyl (C=O) groups excluding carboxylic acids is 1. The van der Waals surface area contributed by atoms with Crippen LogP contribution in [0.15, 0.2) is 54.9 Å². The highest BCUT2D eigenvalue weighted by molar-refractivity contribution is 5.89. The molecule has 29 heavy (non-hydrogen) atoms. The standard InChI is InChI=1S/C21H20N4O4/c1-27-18-9-8-15(10-19(18)28-2)16-11-17(25-21(24-16)22-12-23-25)13-4-6-14(7-5-13)20(26)29-3/h4-12,17H,1-3H3,(H,22,23,24)/t17-/m0/s1. The molecule has 0 amide bonds. The molecule has 1 aliphatic rings. The number of carbonyl (C=O) groups is 1. The molecule has 8 heteroatoms. The van der Waals surface area contributed by atoms with Gasteiger partial charge in [-0.1, -0.05) is 12.1 Å². The number of allylic oxidation sites excluding steroid dienone is 1. The quantitative estimate of drug-likeness (QED) is 0.668. The van der Waals surface area contributed by atoms with Crippen molar-refractivity contribution in [2.24, 2.45) is 0 Å². The van der Waals surface area contributed by atoms with Crippen LogP contribution < -0.4 is 14.8 Å². The third kappa shape index (κ3) is 3.40. The fourth-order valence-electron chi connectivity index (χ4n) is 3.28. The summed E-state index contributed by atoms with van der Waals surface area (Å²) in [5, 5.41) is 7.64. The van der Waals surface area contributed by atoms with Gasteiger partial charge in [-0.3, -0.25) is 0 Å². The number of rotatable bonds is 5. The van der Waals surface area contributed by atoms with Crippen LogP contribution in [0.2, 0.25) is 0 Å². The molecule has 0 saturated carbocycles. The summed E-state index contributed by atoms with van der Waals surface area (Å²) >= 11 is 0. The lowest BCUT2D eigenvalue weighted by molar-refractivity contribution is 0.0600. The first-order valence-corrected chi connectivity index (χ1v) is 8.93. The van der Waals surface area contributed by atoms with Crippen LogP contribution in [0, 0.1) is 0 Å². The molecule has 3 aromatic rings. The summed E-state index contributed by atoms with van der Waals surface area (Å²) in [5.74, 6) is 1.55. The van der Waals surface area contributed by atoms with Crippen LogP contribution in [0.25, 0.3) is 5.70 Å². The molecule has 1 N–H and O–H groups in total. The van der Waals surface area contributed by atoms with E-state index < -0.39 is 0 Å². The predicted octanol–water partition coefficient (Wildman–Crippen LogP) is 3.14. The van der Waals surface area contributed by atoms with E-state index in [0.717, 1.165) is 16.8 Å². The van der Waals surface area contributed by atoms with Crippen molar-refractivity contribution < 1.29 is 19.0 Å². The Morgan fingerprint density at radius 2 is 1.79 bits per heavy atom. The van der Waals surface area contributed by atoms with Crippen LogP contribution in [0.1, 0.15) is 27.5 Å². The maximum Gasteiger partial charge on any atom is 0.337 e. The summed E-state index contributed by atoms with van der Waals surface area (Å²) in [6, 6.07) is 12.8. The Hall–Kier alpha value is -3.81. The zero-order valence-electron chi connectivity index (χ0n) is 16.2. The first kappa shape index (κ1) is 18.5. The second-order valence-electron chi connectivity index (χ2n) is 6.36. The van der Waals surface area contributed by atoms with Gasteiger partial charge < -0.3 is 19.5 Å². The van der Waals surface area contributed by atoms with Crippen molar-refractivity contribution in [3.05, 3.63) is 71.6 Å². The van der Waals surface area contributed by atoms with Crippen LogP contribution in [0.4, 0.5) is 5.95 Å². The average Bonchev–Trinajstić information content (AvgIpc) is 3.26. The van der Waals surface area contributed by atoms with Crippen LogP contribution >= 0.6 is 0 Å². The van der Waals surface area contributed by atoms with Gasteiger partial charge >= 0.3 is 5.97 Å². The molecule has 0 saturated heterocycles. The Bertz CT molecular complexity index is 1070. The Morgan fingerprint density at radius 1 is 1.03 bits per heavy atom. The average molecular weight is 392 g/mol. The molecule has 0 spiro atoms. The van der Waals surface area contributed by atoms with Crippen molar-refractivity contribution in [1.82, 2.24) is 14.8 Å². The summed E-state index contributed by atoms with van der Waals surface area (Å²) in [7, 11) is 4.57. The molecule has 0 radical (unpaired) electrons. The summed E-state index contributed by atoms with van der Waals surface area (Å²) in [5.41, 5.74) is 3.25. The Balaban J connectivity index is 1.74. The van der Waals surface area contributed by atoms with Gasteiger partial charge in [0.05, 0.1) is 26.9 Å². The minimum Gasteiger partial charge on any atom is -0.493 e. The fourth-order valence-corrected chi connectivity index (χ4v) is 3.28. The molecule has 1 aromatic heterocycles. The van der Waals surface area contributed by atoms with E-state index in [1.54, 1.807) is 31.0 Å². The third-order valence-corrected chi connectivity index (χ3v) is 4.78. The number of ether oxygens (including phenoxy) is 3. The number of anilines is 1. The summed E-state index contributed by atoms with van der Waals surface area (Å²) < 4.78 is 17.3. The van der Waals surface area contributed by atoms with Gasteiger partial charge in [-0.15, -0.1) is 0 Å². The largest absolute Gasteiger partial charge is 0.493 e. The number of fused-ring (bicyclic) bond motifs is 1. The minimum atomic E-state index is -0.370. The minimum absolute atomic E-state index is 0.191. The molecule has 0 unspecified atom stereocenters. The normalized spacial score (nSPS) is 15.0. The van der Waals surface area contributed by atoms with E-state index in [1.807, 2.05) is 30.3 Å². The lowest BCUT2D eigenvalue weighted by Crippen LogP contribution is -2.20. The molecular weight excluding hydrogens is 372 g/mol. The first-order valence-electron chi connectivity index (χ1n) is 8.93. The third-order valence-electron chi connectivity index (χ3n) is 4.78. The van der Waals surface area contributed by atoms with E-state index in [1.165, 1.54) is 13.4 Å². The number of hydrogen-bond acceptors (Lipinski definition) is 7. The Labute approximate surface area is 167 Å². The van der Waals surface area contributed by atoms with Gasteiger partial charge in [0.1, 0.15) is 12.4 Å². The van der Waals surface area contributed by atoms with Gasteiger partial charge in [0, 0.05) is 11.3 Å². The van der Waals surface area contributed by atoms with E-state index in [2.05, 4.69) is 21.5 Å². The second kappa shape index (κ2) is 7.67. The SMILES string of the molecule is COC(=O)c1ccc([C@@H]2C=C(c3ccc(OC)c(OC)c3)Nc3ncnn32)cc1. The smallest absolute Gasteiger partial charge is 0.337 e. The second-order valence-corrected chi connectivity index (χ2v) is 6.36. The van der Waals surface area contributed by atoms with Crippen molar-refractivity contribution in [3.63, 3.8) is 0 Å². The van der Waals surface area contributed by atoms with E-state index in [0.29, 0.717) is 23.0 Å². The molecule has 2 aromatic carbocycles. The molecule has 0 fully saturated rings. The number of aromatic nitrogens is 3. The maximum absolute atomic E-state index is 11.7. The number of nitrogens with one attached hydrogen (secondary N) is 1. The topological polar surface area (TPSA) is 87.5 Å². The van der Waals surface area contributed by atoms with E-state index in [-0.39, 0.29) is 12.0 Å². The van der Waals surface area contributed by atoms with Crippen LogP contribution in [-0.2, 0) is 4.74 Å². The van der Waals surface area contributed by atoms with Gasteiger partial charge in [0.15, 0.2) is 11.5 Å². The van der Waals surface area contributed by atoms with Crippen molar-refractivity contribution in [2.75, 3.05) is 26.6 Å². The Morgan fingerprint density at radius 3 is 2.48 bits per heavy atom. The molecule has 1 aliphatic heterocycles. The maximum atomic E-state index is 11.7. The van der Waals surface area contributed by atoms with Crippen LogP contribution in [0.3, 0.4) is 0 Å². The van der Waals surface area contributed by atoms with Crippen molar-refractivity contribution in [1.29, 1.82) is 0 Å². The summed E-state index contributed by atoms with van der Waals surface area (Å²) in [6.07, 6.45) is 3.56. The van der Waals surface area contributed by atoms with E-state index >= 15 is 0 Å². The predicted molar refractivity (Wildman–Crippen MR) is 107 cm³/mol. The first-order chi connectivity index (χ1) is 14.1. The zero-order valence-corrected chi connectivity index (χ0v) is 16.2. The van der Waals surface area contributed by atoms with Gasteiger partial charge in [-0.2, -0.15) is 10.1 Å². The number of esters is 1. The molecule has 1 atom stereocenters. The molecule has 2 heterocycles. The number of benzene rings is 2. The van der Waals surface area contributed by atoms with Crippen LogP contribution in [0.5, 0.6) is 11.5 Å². The van der Waals surface area contributed by atoms with Crippen molar-refractivity contribution >= 4 is 17.6 Å². The van der Waals surface area contributed by atoms with E-state index in [9.17, 15) is 4.79 Å².